The molecule has 0 radical (unpaired) electrons. The predicted molar refractivity (Wildman–Crippen MR) is 260 cm³/mol. The average molecular weight is 796 g/mol. The Labute approximate surface area is 357 Å². The van der Waals surface area contributed by atoms with Crippen LogP contribution in [0, 0.1) is 0 Å². The van der Waals surface area contributed by atoms with E-state index in [-0.39, 0.29) is 6.17 Å². The minimum Gasteiger partial charge on any atom is -0.344 e. The summed E-state index contributed by atoms with van der Waals surface area (Å²) < 4.78 is 2.50. The molecule has 12 rings (SSSR count). The van der Waals surface area contributed by atoms with Gasteiger partial charge in [0.05, 0.1) is 0 Å². The fourth-order valence-electron chi connectivity index (χ4n) is 9.18. The number of hydrogen-bond acceptors (Lipinski definition) is 4. The average Bonchev–Trinajstić information content (AvgIpc) is 3.73. The molecule has 1 N–H and O–H groups in total. The zero-order valence-electron chi connectivity index (χ0n) is 33.1. The molecule has 0 saturated heterocycles. The summed E-state index contributed by atoms with van der Waals surface area (Å²) in [5, 5.41) is 14.0. The molecular weight excluding hydrogens is 759 g/mol. The highest BCUT2D eigenvalue weighted by Gasteiger charge is 2.25. The largest absolute Gasteiger partial charge is 0.344 e. The summed E-state index contributed by atoms with van der Waals surface area (Å²) in [5.74, 6) is 1.53. The molecule has 1 aliphatic rings. The van der Waals surface area contributed by atoms with Crippen molar-refractivity contribution in [3.05, 3.63) is 229 Å². The van der Waals surface area contributed by atoms with Crippen molar-refractivity contribution in [1.82, 2.24) is 5.32 Å². The van der Waals surface area contributed by atoms with Gasteiger partial charge in [0.1, 0.15) is 12.0 Å². The Morgan fingerprint density at radius 1 is 0.344 bits per heavy atom. The van der Waals surface area contributed by atoms with Gasteiger partial charge in [-0.25, -0.2) is 9.98 Å². The summed E-state index contributed by atoms with van der Waals surface area (Å²) in [6.07, 6.45) is -0.361. The molecule has 0 spiro atoms. The summed E-state index contributed by atoms with van der Waals surface area (Å²) in [6, 6.07) is 76.6. The molecule has 0 amide bonds. The summed E-state index contributed by atoms with van der Waals surface area (Å²) >= 11 is 1.84. The first kappa shape index (κ1) is 35.3. The van der Waals surface area contributed by atoms with Crippen LogP contribution in [-0.4, -0.2) is 11.7 Å². The van der Waals surface area contributed by atoms with Crippen LogP contribution in [-0.2, 0) is 0 Å². The maximum Gasteiger partial charge on any atom is 0.159 e. The van der Waals surface area contributed by atoms with E-state index in [1.807, 2.05) is 35.6 Å². The monoisotopic (exact) mass is 795 g/mol. The van der Waals surface area contributed by atoms with Crippen molar-refractivity contribution < 1.29 is 0 Å². The van der Waals surface area contributed by atoms with E-state index in [4.69, 9.17) is 9.98 Å². The lowest BCUT2D eigenvalue weighted by molar-refractivity contribution is 0.680. The second-order valence-corrected chi connectivity index (χ2v) is 16.8. The molecule has 286 valence electrons. The zero-order chi connectivity index (χ0) is 40.3. The Hall–Kier alpha value is -7.66. The number of hydrogen-bond donors (Lipinski definition) is 1. The molecule has 1 aromatic heterocycles. The normalized spacial score (nSPS) is 14.1. The van der Waals surface area contributed by atoms with Crippen LogP contribution in [0.15, 0.2) is 222 Å². The SMILES string of the molecule is c1ccc(C2=NC(c3cc(-c4cccc(-c5cccc(-c6ccc7c8ccccc8c8ccccc8c7c6)c5)c4)cc4sc5ccccc5c34)NC(c3ccccc3)=N2)cc1. The third kappa shape index (κ3) is 6.19. The smallest absolute Gasteiger partial charge is 0.159 e. The fourth-order valence-corrected chi connectivity index (χ4v) is 10.4. The number of nitrogens with zero attached hydrogens (tertiary/aromatic N) is 2. The van der Waals surface area contributed by atoms with E-state index >= 15 is 0 Å². The van der Waals surface area contributed by atoms with Gasteiger partial charge in [0.15, 0.2) is 5.84 Å². The number of aliphatic imine (C=N–C) groups is 2. The molecule has 0 aliphatic carbocycles. The van der Waals surface area contributed by atoms with Gasteiger partial charge in [-0.2, -0.15) is 0 Å². The van der Waals surface area contributed by atoms with Crippen LogP contribution in [0.25, 0.3) is 85.9 Å². The first-order valence-corrected chi connectivity index (χ1v) is 21.6. The van der Waals surface area contributed by atoms with E-state index in [0.717, 1.165) is 39.5 Å². The van der Waals surface area contributed by atoms with E-state index in [9.17, 15) is 0 Å². The van der Waals surface area contributed by atoms with Gasteiger partial charge >= 0.3 is 0 Å². The molecular formula is C57H37N3S. The van der Waals surface area contributed by atoms with Crippen LogP contribution in [0.1, 0.15) is 22.9 Å². The van der Waals surface area contributed by atoms with E-state index in [1.54, 1.807) is 0 Å². The molecule has 1 unspecified atom stereocenters. The highest BCUT2D eigenvalue weighted by atomic mass is 32.1. The van der Waals surface area contributed by atoms with Gasteiger partial charge in [-0.1, -0.05) is 176 Å². The van der Waals surface area contributed by atoms with Crippen LogP contribution in [0.5, 0.6) is 0 Å². The summed E-state index contributed by atoms with van der Waals surface area (Å²) in [6.45, 7) is 0. The highest BCUT2D eigenvalue weighted by Crippen LogP contribution is 2.43. The molecule has 2 heterocycles. The fraction of sp³-hybridized carbons (Fsp3) is 0.0175. The molecule has 1 atom stereocenters. The molecule has 1 aliphatic heterocycles. The van der Waals surface area contributed by atoms with Crippen molar-refractivity contribution in [2.45, 2.75) is 6.17 Å². The number of amidine groups is 2. The van der Waals surface area contributed by atoms with Gasteiger partial charge in [-0.15, -0.1) is 11.3 Å². The zero-order valence-corrected chi connectivity index (χ0v) is 33.9. The third-order valence-electron chi connectivity index (χ3n) is 12.1. The molecule has 0 saturated carbocycles. The Balaban J connectivity index is 0.970. The van der Waals surface area contributed by atoms with Crippen LogP contribution < -0.4 is 5.32 Å². The molecule has 0 fully saturated rings. The van der Waals surface area contributed by atoms with Crippen molar-refractivity contribution >= 4 is 75.5 Å². The number of nitrogens with one attached hydrogen (secondary N) is 1. The maximum absolute atomic E-state index is 5.35. The van der Waals surface area contributed by atoms with Crippen molar-refractivity contribution in [1.29, 1.82) is 0 Å². The van der Waals surface area contributed by atoms with E-state index < -0.39 is 0 Å². The van der Waals surface area contributed by atoms with Crippen molar-refractivity contribution in [2.24, 2.45) is 9.98 Å². The maximum atomic E-state index is 5.35. The molecule has 61 heavy (non-hydrogen) atoms. The summed E-state index contributed by atoms with van der Waals surface area (Å²) in [5.41, 5.74) is 10.2. The second kappa shape index (κ2) is 14.6. The second-order valence-electron chi connectivity index (χ2n) is 15.7. The third-order valence-corrected chi connectivity index (χ3v) is 13.2. The van der Waals surface area contributed by atoms with Gasteiger partial charge in [-0.3, -0.25) is 0 Å². The minimum absolute atomic E-state index is 0.361. The minimum atomic E-state index is -0.361. The molecule has 3 nitrogen and oxygen atoms in total. The van der Waals surface area contributed by atoms with Crippen LogP contribution >= 0.6 is 11.3 Å². The number of fused-ring (bicyclic) bond motifs is 9. The first-order chi connectivity index (χ1) is 30.2. The van der Waals surface area contributed by atoms with Gasteiger partial charge in [0.2, 0.25) is 0 Å². The Morgan fingerprint density at radius 3 is 1.48 bits per heavy atom. The summed E-state index contributed by atoms with van der Waals surface area (Å²) in [7, 11) is 0. The van der Waals surface area contributed by atoms with Gasteiger partial charge in [-0.05, 0) is 102 Å². The molecule has 11 aromatic rings. The Bertz CT molecular complexity index is 3530. The van der Waals surface area contributed by atoms with Crippen LogP contribution in [0.3, 0.4) is 0 Å². The highest BCUT2D eigenvalue weighted by molar-refractivity contribution is 7.25. The van der Waals surface area contributed by atoms with Gasteiger partial charge in [0.25, 0.3) is 0 Å². The van der Waals surface area contributed by atoms with Gasteiger partial charge in [0, 0.05) is 36.9 Å². The lowest BCUT2D eigenvalue weighted by atomic mass is 9.91. The number of thiophene rings is 1. The molecule has 0 bridgehead atoms. The lowest BCUT2D eigenvalue weighted by Crippen LogP contribution is -2.33. The van der Waals surface area contributed by atoms with Crippen molar-refractivity contribution in [3.8, 4) is 33.4 Å². The lowest BCUT2D eigenvalue weighted by Gasteiger charge is -2.25. The predicted octanol–water partition coefficient (Wildman–Crippen LogP) is 15.0. The van der Waals surface area contributed by atoms with E-state index in [0.29, 0.717) is 0 Å². The number of rotatable bonds is 6. The standard InChI is InChI=1S/C57H37N3S/c1-3-15-36(16-4-1)55-58-56(37-17-5-2-6-18-37)60-57(59-55)51-34-43(35-53-54(51)49-27-11-12-28-52(49)61-53)41-22-14-20-39(32-41)38-19-13-21-40(31-38)42-29-30-48-46-25-8-7-23-44(46)45-24-9-10-26-47(45)50(48)33-42/h1-35,57H,(H,58,59,60). The van der Waals surface area contributed by atoms with Crippen molar-refractivity contribution in [3.63, 3.8) is 0 Å². The number of benzene rings is 10. The van der Waals surface area contributed by atoms with Gasteiger partial charge < -0.3 is 5.32 Å². The Kier molecular flexibility index (Phi) is 8.43. The van der Waals surface area contributed by atoms with Crippen LogP contribution in [0.2, 0.25) is 0 Å². The molecule has 4 heteroatoms. The topological polar surface area (TPSA) is 36.8 Å². The molecule has 10 aromatic carbocycles. The van der Waals surface area contributed by atoms with E-state index in [1.165, 1.54) is 74.7 Å². The van der Waals surface area contributed by atoms with Crippen LogP contribution in [0.4, 0.5) is 0 Å². The van der Waals surface area contributed by atoms with E-state index in [2.05, 4.69) is 193 Å². The summed E-state index contributed by atoms with van der Waals surface area (Å²) in [4.78, 5) is 10.4. The quantitative estimate of drug-likeness (QED) is 0.167. The van der Waals surface area contributed by atoms with Crippen molar-refractivity contribution in [2.75, 3.05) is 0 Å². The first-order valence-electron chi connectivity index (χ1n) is 20.8. The Morgan fingerprint density at radius 2 is 0.836 bits per heavy atom.